The van der Waals surface area contributed by atoms with Crippen molar-refractivity contribution in [2.24, 2.45) is 0 Å². The van der Waals surface area contributed by atoms with E-state index >= 15 is 0 Å². The predicted octanol–water partition coefficient (Wildman–Crippen LogP) is 4.89. The normalized spacial score (nSPS) is 11.5. The van der Waals surface area contributed by atoms with Crippen molar-refractivity contribution in [3.63, 3.8) is 0 Å². The van der Waals surface area contributed by atoms with Crippen molar-refractivity contribution in [3.8, 4) is 22.3 Å². The van der Waals surface area contributed by atoms with E-state index in [1.807, 2.05) is 36.4 Å². The number of Topliss-reactive ketones (excluding diaryl/α,β-unsaturated/α-hetero) is 2. The van der Waals surface area contributed by atoms with Gasteiger partial charge in [0, 0.05) is 16.7 Å². The summed E-state index contributed by atoms with van der Waals surface area (Å²) in [5, 5.41) is 2.10. The fourth-order valence-electron chi connectivity index (χ4n) is 3.53. The maximum Gasteiger partial charge on any atom is 0.161 e. The summed E-state index contributed by atoms with van der Waals surface area (Å²) >= 11 is 0. The van der Waals surface area contributed by atoms with Crippen LogP contribution in [0.3, 0.4) is 0 Å². The molecule has 0 aromatic heterocycles. The van der Waals surface area contributed by atoms with Crippen LogP contribution in [0, 0.1) is 0 Å². The number of ketones is 2. The van der Waals surface area contributed by atoms with Gasteiger partial charge in [0.2, 0.25) is 0 Å². The summed E-state index contributed by atoms with van der Waals surface area (Å²) in [7, 11) is 0. The summed E-state index contributed by atoms with van der Waals surface area (Å²) < 4.78 is 0. The van der Waals surface area contributed by atoms with Crippen molar-refractivity contribution in [2.75, 3.05) is 0 Å². The summed E-state index contributed by atoms with van der Waals surface area (Å²) in [6, 6.07) is 16.0. The van der Waals surface area contributed by atoms with Gasteiger partial charge in [-0.15, -0.1) is 0 Å². The molecule has 0 atom stereocenters. The summed E-state index contributed by atoms with van der Waals surface area (Å²) in [5.41, 5.74) is 5.30. The van der Waals surface area contributed by atoms with E-state index in [-0.39, 0.29) is 11.6 Å². The Bertz CT molecular complexity index is 980. The molecule has 0 N–H and O–H groups in total. The van der Waals surface area contributed by atoms with Gasteiger partial charge in [-0.05, 0) is 47.4 Å². The second-order valence-electron chi connectivity index (χ2n) is 5.74. The molecule has 0 spiro atoms. The molecular formula is C20H14O2. The standard InChI is InChI=1S/C20H14O2/c1-11(21)17-10-13-6-5-9-15-14-7-3-4-8-16(14)20(19(13)15)18(17)12(2)22/h3-10H,1-2H3. The Balaban J connectivity index is 2.30. The van der Waals surface area contributed by atoms with Gasteiger partial charge in [0.05, 0.1) is 0 Å². The third-order valence-corrected chi connectivity index (χ3v) is 4.38. The summed E-state index contributed by atoms with van der Waals surface area (Å²) in [6.07, 6.45) is 0. The van der Waals surface area contributed by atoms with Crippen molar-refractivity contribution in [2.45, 2.75) is 13.8 Å². The van der Waals surface area contributed by atoms with Gasteiger partial charge in [0.15, 0.2) is 11.6 Å². The minimum Gasteiger partial charge on any atom is -0.294 e. The van der Waals surface area contributed by atoms with Gasteiger partial charge in [-0.3, -0.25) is 9.59 Å². The monoisotopic (exact) mass is 286 g/mol. The molecule has 0 aliphatic heterocycles. The Labute approximate surface area is 128 Å². The lowest BCUT2D eigenvalue weighted by atomic mass is 9.89. The molecule has 0 amide bonds. The Morgan fingerprint density at radius 3 is 2.14 bits per heavy atom. The van der Waals surface area contributed by atoms with E-state index in [9.17, 15) is 9.59 Å². The number of benzene rings is 3. The van der Waals surface area contributed by atoms with E-state index in [0.29, 0.717) is 11.1 Å². The topological polar surface area (TPSA) is 34.1 Å². The van der Waals surface area contributed by atoms with Gasteiger partial charge >= 0.3 is 0 Å². The Kier molecular flexibility index (Phi) is 2.58. The molecule has 0 unspecified atom stereocenters. The second-order valence-corrected chi connectivity index (χ2v) is 5.74. The number of rotatable bonds is 2. The Hall–Kier alpha value is -2.74. The Morgan fingerprint density at radius 2 is 1.45 bits per heavy atom. The molecule has 0 saturated carbocycles. The molecule has 2 nitrogen and oxygen atoms in total. The minimum atomic E-state index is -0.0712. The lowest BCUT2D eigenvalue weighted by Gasteiger charge is -2.12. The van der Waals surface area contributed by atoms with Crippen molar-refractivity contribution in [3.05, 3.63) is 59.7 Å². The third-order valence-electron chi connectivity index (χ3n) is 4.38. The number of hydrogen-bond acceptors (Lipinski definition) is 2. The maximum atomic E-state index is 12.3. The zero-order valence-corrected chi connectivity index (χ0v) is 12.4. The van der Waals surface area contributed by atoms with Gasteiger partial charge in [0.1, 0.15) is 0 Å². The zero-order chi connectivity index (χ0) is 15.4. The third kappa shape index (κ3) is 1.55. The van der Waals surface area contributed by atoms with Crippen LogP contribution in [0.5, 0.6) is 0 Å². The van der Waals surface area contributed by atoms with Crippen LogP contribution in [0.25, 0.3) is 33.0 Å². The molecule has 0 heterocycles. The van der Waals surface area contributed by atoms with Crippen LogP contribution in [-0.4, -0.2) is 11.6 Å². The molecule has 1 aliphatic rings. The molecule has 0 bridgehead atoms. The number of carbonyl (C=O) groups excluding carboxylic acids is 2. The van der Waals surface area contributed by atoms with Crippen molar-refractivity contribution < 1.29 is 9.59 Å². The van der Waals surface area contributed by atoms with Gasteiger partial charge in [-0.1, -0.05) is 42.5 Å². The number of hydrogen-bond donors (Lipinski definition) is 0. The lowest BCUT2D eigenvalue weighted by molar-refractivity contribution is 0.0981. The summed E-state index contributed by atoms with van der Waals surface area (Å²) in [5.74, 6) is -0.133. The quantitative estimate of drug-likeness (QED) is 0.491. The highest BCUT2D eigenvalue weighted by Gasteiger charge is 2.28. The largest absolute Gasteiger partial charge is 0.294 e. The number of fused-ring (bicyclic) bond motifs is 3. The molecule has 0 radical (unpaired) electrons. The number of carbonyl (C=O) groups is 2. The van der Waals surface area contributed by atoms with Crippen molar-refractivity contribution >= 4 is 22.3 Å². The summed E-state index contributed by atoms with van der Waals surface area (Å²) in [4.78, 5) is 24.3. The van der Waals surface area contributed by atoms with Crippen LogP contribution in [0.2, 0.25) is 0 Å². The van der Waals surface area contributed by atoms with Crippen LogP contribution in [0.1, 0.15) is 34.6 Å². The van der Waals surface area contributed by atoms with Gasteiger partial charge < -0.3 is 0 Å². The van der Waals surface area contributed by atoms with Crippen LogP contribution in [-0.2, 0) is 0 Å². The highest BCUT2D eigenvalue weighted by atomic mass is 16.1. The van der Waals surface area contributed by atoms with E-state index in [1.54, 1.807) is 0 Å². The average Bonchev–Trinajstić information content (AvgIpc) is 2.84. The van der Waals surface area contributed by atoms with Crippen LogP contribution in [0.4, 0.5) is 0 Å². The highest BCUT2D eigenvalue weighted by molar-refractivity contribution is 6.24. The first kappa shape index (κ1) is 13.0. The molecule has 4 rings (SSSR count). The molecule has 2 heteroatoms. The van der Waals surface area contributed by atoms with E-state index in [1.165, 1.54) is 13.8 Å². The lowest BCUT2D eigenvalue weighted by Crippen LogP contribution is -2.06. The molecule has 1 aliphatic carbocycles. The fourth-order valence-corrected chi connectivity index (χ4v) is 3.53. The van der Waals surface area contributed by atoms with E-state index in [4.69, 9.17) is 0 Å². The molecule has 0 saturated heterocycles. The van der Waals surface area contributed by atoms with Gasteiger partial charge in [0.25, 0.3) is 0 Å². The molecule has 22 heavy (non-hydrogen) atoms. The highest BCUT2D eigenvalue weighted by Crippen LogP contribution is 2.49. The maximum absolute atomic E-state index is 12.3. The van der Waals surface area contributed by atoms with E-state index in [2.05, 4.69) is 12.1 Å². The second kappa shape index (κ2) is 4.38. The molecule has 0 fully saturated rings. The van der Waals surface area contributed by atoms with Crippen molar-refractivity contribution in [1.82, 2.24) is 0 Å². The average molecular weight is 286 g/mol. The van der Waals surface area contributed by atoms with Crippen LogP contribution < -0.4 is 0 Å². The van der Waals surface area contributed by atoms with E-state index < -0.39 is 0 Å². The van der Waals surface area contributed by atoms with Crippen LogP contribution in [0.15, 0.2) is 48.5 Å². The first-order chi connectivity index (χ1) is 10.6. The first-order valence-corrected chi connectivity index (χ1v) is 7.31. The summed E-state index contributed by atoms with van der Waals surface area (Å²) in [6.45, 7) is 3.05. The minimum absolute atomic E-state index is 0.0615. The predicted molar refractivity (Wildman–Crippen MR) is 88.4 cm³/mol. The van der Waals surface area contributed by atoms with Gasteiger partial charge in [-0.25, -0.2) is 0 Å². The molecular weight excluding hydrogens is 272 g/mol. The smallest absolute Gasteiger partial charge is 0.161 e. The molecule has 3 aromatic rings. The molecule has 3 aromatic carbocycles. The SMILES string of the molecule is CC(=O)c1cc2cccc3c2c(c1C(C)=O)-c1ccccc1-3. The molecule has 106 valence electrons. The van der Waals surface area contributed by atoms with Crippen LogP contribution >= 0.6 is 0 Å². The van der Waals surface area contributed by atoms with Gasteiger partial charge in [-0.2, -0.15) is 0 Å². The van der Waals surface area contributed by atoms with Crippen molar-refractivity contribution in [1.29, 1.82) is 0 Å². The zero-order valence-electron chi connectivity index (χ0n) is 12.4. The van der Waals surface area contributed by atoms with E-state index in [0.717, 1.165) is 33.0 Å². The Morgan fingerprint density at radius 1 is 0.773 bits per heavy atom. The fraction of sp³-hybridized carbons (Fsp3) is 0.100. The first-order valence-electron chi connectivity index (χ1n) is 7.31.